The Balaban J connectivity index is 1.65. The maximum atomic E-state index is 11.9. The first-order valence-corrected chi connectivity index (χ1v) is 7.36. The molecule has 4 nitrogen and oxygen atoms in total. The Morgan fingerprint density at radius 3 is 2.57 bits per heavy atom. The van der Waals surface area contributed by atoms with Crippen molar-refractivity contribution in [2.75, 3.05) is 5.32 Å². The number of aromatic nitrogens is 2. The summed E-state index contributed by atoms with van der Waals surface area (Å²) in [7, 11) is 0. The molecule has 0 atom stereocenters. The number of benzene rings is 2. The third-order valence-corrected chi connectivity index (χ3v) is 3.37. The molecule has 4 heteroatoms. The maximum absolute atomic E-state index is 11.9. The van der Waals surface area contributed by atoms with E-state index < -0.39 is 0 Å². The van der Waals surface area contributed by atoms with Gasteiger partial charge in [-0.15, -0.1) is 0 Å². The van der Waals surface area contributed by atoms with Crippen molar-refractivity contribution < 1.29 is 4.79 Å². The molecule has 0 bridgehead atoms. The summed E-state index contributed by atoms with van der Waals surface area (Å²) in [6, 6.07) is 17.5. The van der Waals surface area contributed by atoms with Crippen LogP contribution in [0.15, 0.2) is 73.1 Å². The first-order valence-electron chi connectivity index (χ1n) is 7.36. The summed E-state index contributed by atoms with van der Waals surface area (Å²) < 4.78 is 1.78. The van der Waals surface area contributed by atoms with Gasteiger partial charge in [0.25, 0.3) is 0 Å². The molecular formula is C19H17N3O. The van der Waals surface area contributed by atoms with Crippen LogP contribution >= 0.6 is 0 Å². The standard InChI is InChI=1S/C19H17N3O/c1-15-7-10-17(11-8-15)21-19(23)12-9-16-13-20-22(14-16)18-5-3-2-4-6-18/h2-14H,1H3,(H,21,23). The number of amides is 1. The second-order valence-electron chi connectivity index (χ2n) is 5.24. The number of hydrogen-bond donors (Lipinski definition) is 1. The lowest BCUT2D eigenvalue weighted by molar-refractivity contribution is -0.111. The van der Waals surface area contributed by atoms with Gasteiger partial charge in [0.2, 0.25) is 5.91 Å². The van der Waals surface area contributed by atoms with Gasteiger partial charge in [-0.3, -0.25) is 4.79 Å². The highest BCUT2D eigenvalue weighted by molar-refractivity contribution is 6.01. The molecule has 1 aromatic heterocycles. The van der Waals surface area contributed by atoms with Crippen LogP contribution in [0.1, 0.15) is 11.1 Å². The second kappa shape index (κ2) is 6.75. The Hall–Kier alpha value is -3.14. The van der Waals surface area contributed by atoms with Crippen LogP contribution in [0.4, 0.5) is 5.69 Å². The van der Waals surface area contributed by atoms with Crippen LogP contribution in [-0.2, 0) is 4.79 Å². The van der Waals surface area contributed by atoms with Crippen molar-refractivity contribution in [1.29, 1.82) is 0 Å². The van der Waals surface area contributed by atoms with Gasteiger partial charge in [-0.05, 0) is 37.3 Å². The third kappa shape index (κ3) is 3.95. The van der Waals surface area contributed by atoms with E-state index in [1.54, 1.807) is 17.0 Å². The third-order valence-electron chi connectivity index (χ3n) is 3.37. The molecule has 0 aliphatic carbocycles. The first kappa shape index (κ1) is 14.8. The minimum atomic E-state index is -0.165. The number of para-hydroxylation sites is 1. The van der Waals surface area contributed by atoms with Crippen molar-refractivity contribution in [2.24, 2.45) is 0 Å². The molecule has 3 rings (SSSR count). The molecule has 0 saturated carbocycles. The molecule has 1 amide bonds. The van der Waals surface area contributed by atoms with E-state index in [9.17, 15) is 4.79 Å². The van der Waals surface area contributed by atoms with Gasteiger partial charge in [0, 0.05) is 23.5 Å². The van der Waals surface area contributed by atoms with E-state index in [1.165, 1.54) is 6.08 Å². The molecule has 0 saturated heterocycles. The molecule has 0 radical (unpaired) electrons. The number of anilines is 1. The molecule has 3 aromatic rings. The van der Waals surface area contributed by atoms with E-state index >= 15 is 0 Å². The van der Waals surface area contributed by atoms with Crippen LogP contribution in [0.2, 0.25) is 0 Å². The van der Waals surface area contributed by atoms with Gasteiger partial charge in [-0.1, -0.05) is 35.9 Å². The minimum absolute atomic E-state index is 0.165. The monoisotopic (exact) mass is 303 g/mol. The van der Waals surface area contributed by atoms with Crippen molar-refractivity contribution in [3.63, 3.8) is 0 Å². The molecule has 0 fully saturated rings. The van der Waals surface area contributed by atoms with Gasteiger partial charge in [0.05, 0.1) is 11.9 Å². The average Bonchev–Trinajstić information content (AvgIpc) is 3.05. The second-order valence-corrected chi connectivity index (χ2v) is 5.24. The number of carbonyl (C=O) groups is 1. The molecule has 1 N–H and O–H groups in total. The van der Waals surface area contributed by atoms with Gasteiger partial charge in [0.15, 0.2) is 0 Å². The van der Waals surface area contributed by atoms with E-state index in [0.717, 1.165) is 22.5 Å². The fourth-order valence-electron chi connectivity index (χ4n) is 2.14. The number of hydrogen-bond acceptors (Lipinski definition) is 2. The Kier molecular flexibility index (Phi) is 4.34. The number of carbonyl (C=O) groups excluding carboxylic acids is 1. The summed E-state index contributed by atoms with van der Waals surface area (Å²) in [5.41, 5.74) is 3.79. The molecule has 23 heavy (non-hydrogen) atoms. The van der Waals surface area contributed by atoms with Crippen LogP contribution in [-0.4, -0.2) is 15.7 Å². The molecule has 1 heterocycles. The summed E-state index contributed by atoms with van der Waals surface area (Å²) in [5.74, 6) is -0.165. The van der Waals surface area contributed by atoms with Crippen LogP contribution in [0.5, 0.6) is 0 Å². The average molecular weight is 303 g/mol. The molecule has 0 aliphatic rings. The van der Waals surface area contributed by atoms with Crippen LogP contribution in [0.3, 0.4) is 0 Å². The van der Waals surface area contributed by atoms with Crippen molar-refractivity contribution >= 4 is 17.7 Å². The van der Waals surface area contributed by atoms with E-state index in [-0.39, 0.29) is 5.91 Å². The predicted molar refractivity (Wildman–Crippen MR) is 92.4 cm³/mol. The fourth-order valence-corrected chi connectivity index (χ4v) is 2.14. The number of nitrogens with zero attached hydrogens (tertiary/aromatic N) is 2. The van der Waals surface area contributed by atoms with E-state index in [4.69, 9.17) is 0 Å². The zero-order chi connectivity index (χ0) is 16.1. The van der Waals surface area contributed by atoms with Crippen molar-refractivity contribution in [2.45, 2.75) is 6.92 Å². The molecule has 2 aromatic carbocycles. The molecular weight excluding hydrogens is 286 g/mol. The van der Waals surface area contributed by atoms with Gasteiger partial charge in [-0.2, -0.15) is 5.10 Å². The SMILES string of the molecule is Cc1ccc(NC(=O)C=Cc2cnn(-c3ccccc3)c2)cc1. The van der Waals surface area contributed by atoms with Gasteiger partial charge in [-0.25, -0.2) is 4.68 Å². The summed E-state index contributed by atoms with van der Waals surface area (Å²) >= 11 is 0. The van der Waals surface area contributed by atoms with Crippen LogP contribution < -0.4 is 5.32 Å². The van der Waals surface area contributed by atoms with E-state index in [1.807, 2.05) is 67.7 Å². The normalized spacial score (nSPS) is 10.8. The highest BCUT2D eigenvalue weighted by Crippen LogP contribution is 2.10. The van der Waals surface area contributed by atoms with Gasteiger partial charge >= 0.3 is 0 Å². The van der Waals surface area contributed by atoms with E-state index in [2.05, 4.69) is 10.4 Å². The lowest BCUT2D eigenvalue weighted by atomic mass is 10.2. The number of rotatable bonds is 4. The topological polar surface area (TPSA) is 46.9 Å². The van der Waals surface area contributed by atoms with Crippen molar-refractivity contribution in [1.82, 2.24) is 9.78 Å². The van der Waals surface area contributed by atoms with Crippen molar-refractivity contribution in [3.05, 3.63) is 84.2 Å². The summed E-state index contributed by atoms with van der Waals surface area (Å²) in [6.45, 7) is 2.01. The summed E-state index contributed by atoms with van der Waals surface area (Å²) in [5, 5.41) is 7.12. The fraction of sp³-hybridized carbons (Fsp3) is 0.0526. The lowest BCUT2D eigenvalue weighted by Gasteiger charge is -2.01. The quantitative estimate of drug-likeness (QED) is 0.745. The minimum Gasteiger partial charge on any atom is -0.323 e. The highest BCUT2D eigenvalue weighted by Gasteiger charge is 2.00. The smallest absolute Gasteiger partial charge is 0.248 e. The summed E-state index contributed by atoms with van der Waals surface area (Å²) in [6.07, 6.45) is 6.86. The molecule has 114 valence electrons. The van der Waals surface area contributed by atoms with Gasteiger partial charge in [0.1, 0.15) is 0 Å². The zero-order valence-corrected chi connectivity index (χ0v) is 12.8. The molecule has 0 unspecified atom stereocenters. The van der Waals surface area contributed by atoms with Crippen molar-refractivity contribution in [3.8, 4) is 5.69 Å². The molecule has 0 spiro atoms. The lowest BCUT2D eigenvalue weighted by Crippen LogP contribution is -2.07. The Morgan fingerprint density at radius 2 is 1.83 bits per heavy atom. The first-order chi connectivity index (χ1) is 11.2. The number of nitrogens with one attached hydrogen (secondary N) is 1. The maximum Gasteiger partial charge on any atom is 0.248 e. The predicted octanol–water partition coefficient (Wildman–Crippen LogP) is 3.83. The van der Waals surface area contributed by atoms with Crippen LogP contribution in [0, 0.1) is 6.92 Å². The van der Waals surface area contributed by atoms with Gasteiger partial charge < -0.3 is 5.32 Å². The van der Waals surface area contributed by atoms with Crippen LogP contribution in [0.25, 0.3) is 11.8 Å². The Morgan fingerprint density at radius 1 is 1.09 bits per heavy atom. The zero-order valence-electron chi connectivity index (χ0n) is 12.8. The molecule has 0 aliphatic heterocycles. The largest absolute Gasteiger partial charge is 0.323 e. The summed E-state index contributed by atoms with van der Waals surface area (Å²) in [4.78, 5) is 11.9. The Bertz CT molecular complexity index is 817. The highest BCUT2D eigenvalue weighted by atomic mass is 16.1. The Labute approximate surface area is 135 Å². The van der Waals surface area contributed by atoms with E-state index in [0.29, 0.717) is 0 Å². The number of aryl methyl sites for hydroxylation is 1.